The molecule has 0 spiro atoms. The average molecular weight is 487 g/mol. The predicted molar refractivity (Wildman–Crippen MR) is 135 cm³/mol. The Hall–Kier alpha value is -3.75. The fourth-order valence-electron chi connectivity index (χ4n) is 4.20. The van der Waals surface area contributed by atoms with Crippen molar-refractivity contribution in [2.75, 3.05) is 26.2 Å². The first-order chi connectivity index (χ1) is 16.9. The Morgan fingerprint density at radius 1 is 0.800 bits per heavy atom. The summed E-state index contributed by atoms with van der Waals surface area (Å²) in [5, 5.41) is 4.73. The van der Waals surface area contributed by atoms with E-state index in [0.29, 0.717) is 24.5 Å². The largest absolute Gasteiger partial charge is 0.335 e. The number of sulfonamides is 1. The molecule has 5 rings (SSSR count). The van der Waals surface area contributed by atoms with Gasteiger partial charge in [-0.3, -0.25) is 4.79 Å². The van der Waals surface area contributed by atoms with Crippen LogP contribution in [-0.2, 0) is 10.0 Å². The van der Waals surface area contributed by atoms with E-state index in [2.05, 4.69) is 0 Å². The number of amides is 1. The highest BCUT2D eigenvalue weighted by Crippen LogP contribution is 2.24. The number of carbonyl (C=O) groups is 1. The van der Waals surface area contributed by atoms with Crippen molar-refractivity contribution in [2.45, 2.75) is 11.8 Å². The maximum absolute atomic E-state index is 13.6. The van der Waals surface area contributed by atoms with E-state index in [0.717, 1.165) is 16.8 Å². The highest BCUT2D eigenvalue weighted by atomic mass is 32.2. The number of piperazine rings is 1. The van der Waals surface area contributed by atoms with Crippen LogP contribution in [0.4, 0.5) is 0 Å². The third-order valence-corrected chi connectivity index (χ3v) is 8.10. The molecule has 8 heteroatoms. The van der Waals surface area contributed by atoms with Gasteiger partial charge in [0.1, 0.15) is 5.69 Å². The topological polar surface area (TPSA) is 75.5 Å². The van der Waals surface area contributed by atoms with E-state index < -0.39 is 10.0 Å². The van der Waals surface area contributed by atoms with Gasteiger partial charge in [-0.1, -0.05) is 66.2 Å². The summed E-state index contributed by atoms with van der Waals surface area (Å²) in [6, 6.07) is 27.9. The van der Waals surface area contributed by atoms with Crippen LogP contribution >= 0.6 is 0 Å². The van der Waals surface area contributed by atoms with Gasteiger partial charge in [-0.2, -0.15) is 9.40 Å². The number of carbonyl (C=O) groups excluding carboxylic acids is 1. The summed E-state index contributed by atoms with van der Waals surface area (Å²) >= 11 is 0. The molecule has 1 saturated heterocycles. The first-order valence-corrected chi connectivity index (χ1v) is 12.9. The van der Waals surface area contributed by atoms with Crippen LogP contribution in [0, 0.1) is 6.92 Å². The number of nitrogens with zero attached hydrogens (tertiary/aromatic N) is 4. The summed E-state index contributed by atoms with van der Waals surface area (Å²) in [5.74, 6) is -0.170. The molecule has 7 nitrogen and oxygen atoms in total. The zero-order valence-corrected chi connectivity index (χ0v) is 20.2. The van der Waals surface area contributed by atoms with Crippen LogP contribution in [0.5, 0.6) is 0 Å². The Balaban J connectivity index is 1.39. The van der Waals surface area contributed by atoms with Gasteiger partial charge in [-0.15, -0.1) is 0 Å². The lowest BCUT2D eigenvalue weighted by Crippen LogP contribution is -2.50. The Kier molecular flexibility index (Phi) is 6.23. The molecule has 1 amide bonds. The molecule has 0 atom stereocenters. The normalized spacial score (nSPS) is 14.7. The van der Waals surface area contributed by atoms with Crippen molar-refractivity contribution in [2.24, 2.45) is 0 Å². The van der Waals surface area contributed by atoms with Crippen molar-refractivity contribution >= 4 is 15.9 Å². The molecule has 1 fully saturated rings. The number of hydrogen-bond donors (Lipinski definition) is 0. The molecule has 0 saturated carbocycles. The second kappa shape index (κ2) is 9.48. The molecule has 2 heterocycles. The van der Waals surface area contributed by atoms with Crippen LogP contribution in [0.15, 0.2) is 95.9 Å². The van der Waals surface area contributed by atoms with E-state index in [1.807, 2.05) is 67.6 Å². The van der Waals surface area contributed by atoms with Crippen LogP contribution in [0.25, 0.3) is 16.9 Å². The van der Waals surface area contributed by atoms with Crippen LogP contribution in [0.2, 0.25) is 0 Å². The third-order valence-electron chi connectivity index (χ3n) is 6.18. The molecule has 4 aromatic rings. The van der Waals surface area contributed by atoms with Crippen LogP contribution in [0.3, 0.4) is 0 Å². The molecule has 0 unspecified atom stereocenters. The lowest BCUT2D eigenvalue weighted by molar-refractivity contribution is 0.0688. The van der Waals surface area contributed by atoms with Gasteiger partial charge in [0.2, 0.25) is 10.0 Å². The Morgan fingerprint density at radius 3 is 2.03 bits per heavy atom. The van der Waals surface area contributed by atoms with Crippen LogP contribution in [0.1, 0.15) is 16.1 Å². The third kappa shape index (κ3) is 4.62. The van der Waals surface area contributed by atoms with Gasteiger partial charge in [-0.25, -0.2) is 13.1 Å². The van der Waals surface area contributed by atoms with Crippen molar-refractivity contribution in [1.82, 2.24) is 19.0 Å². The van der Waals surface area contributed by atoms with Crippen LogP contribution in [-0.4, -0.2) is 59.5 Å². The zero-order chi connectivity index (χ0) is 24.4. The molecule has 1 aromatic heterocycles. The second-order valence-electron chi connectivity index (χ2n) is 8.54. The summed E-state index contributed by atoms with van der Waals surface area (Å²) in [7, 11) is -3.60. The molecular formula is C27H26N4O3S. The van der Waals surface area contributed by atoms with Gasteiger partial charge in [0.05, 0.1) is 16.3 Å². The van der Waals surface area contributed by atoms with Gasteiger partial charge in [0, 0.05) is 31.7 Å². The number of para-hydroxylation sites is 1. The fraction of sp³-hybridized carbons (Fsp3) is 0.185. The summed E-state index contributed by atoms with van der Waals surface area (Å²) in [6.45, 7) is 3.03. The van der Waals surface area contributed by atoms with Gasteiger partial charge in [0.15, 0.2) is 0 Å². The minimum Gasteiger partial charge on any atom is -0.335 e. The lowest BCUT2D eigenvalue weighted by Gasteiger charge is -2.34. The molecule has 178 valence electrons. The molecular weight excluding hydrogens is 460 g/mol. The van der Waals surface area contributed by atoms with Gasteiger partial charge < -0.3 is 4.90 Å². The van der Waals surface area contributed by atoms with Crippen molar-refractivity contribution in [3.05, 3.63) is 102 Å². The Labute approximate surface area is 205 Å². The van der Waals surface area contributed by atoms with Crippen molar-refractivity contribution in [3.8, 4) is 16.9 Å². The summed E-state index contributed by atoms with van der Waals surface area (Å²) in [5.41, 5.74) is 3.87. The minimum absolute atomic E-state index is 0.170. The van der Waals surface area contributed by atoms with E-state index in [9.17, 15) is 13.2 Å². The standard InChI is InChI=1S/C27H26N4O3S/c1-21-12-14-24(15-13-21)35(33,34)30-18-16-29(17-19-30)27(32)26-20-25(22-8-4-2-5-9-22)28-31(26)23-10-6-3-7-11-23/h2-15,20H,16-19H2,1H3. The van der Waals surface area contributed by atoms with Crippen molar-refractivity contribution in [1.29, 1.82) is 0 Å². The maximum Gasteiger partial charge on any atom is 0.272 e. The van der Waals surface area contributed by atoms with Crippen LogP contribution < -0.4 is 0 Å². The number of rotatable bonds is 5. The molecule has 1 aliphatic rings. The summed E-state index contributed by atoms with van der Waals surface area (Å²) in [6.07, 6.45) is 0. The Bertz CT molecular complexity index is 1430. The first kappa shape index (κ1) is 23.0. The smallest absolute Gasteiger partial charge is 0.272 e. The van der Waals surface area contributed by atoms with E-state index in [1.165, 1.54) is 4.31 Å². The van der Waals surface area contributed by atoms with Gasteiger partial charge >= 0.3 is 0 Å². The molecule has 0 bridgehead atoms. The second-order valence-corrected chi connectivity index (χ2v) is 10.5. The number of aryl methyl sites for hydroxylation is 1. The van der Waals surface area contributed by atoms with Gasteiger partial charge in [-0.05, 0) is 37.3 Å². The zero-order valence-electron chi connectivity index (χ0n) is 19.4. The molecule has 0 radical (unpaired) electrons. The SMILES string of the molecule is Cc1ccc(S(=O)(=O)N2CCN(C(=O)c3cc(-c4ccccc4)nn3-c3ccccc3)CC2)cc1. The number of aromatic nitrogens is 2. The maximum atomic E-state index is 13.6. The van der Waals surface area contributed by atoms with E-state index in [1.54, 1.807) is 39.9 Å². The highest BCUT2D eigenvalue weighted by Gasteiger charge is 2.32. The quantitative estimate of drug-likeness (QED) is 0.427. The molecule has 1 aliphatic heterocycles. The summed E-state index contributed by atoms with van der Waals surface area (Å²) in [4.78, 5) is 15.6. The molecule has 0 aliphatic carbocycles. The fourth-order valence-corrected chi connectivity index (χ4v) is 5.62. The summed E-state index contributed by atoms with van der Waals surface area (Å²) < 4.78 is 29.2. The first-order valence-electron chi connectivity index (χ1n) is 11.5. The van der Waals surface area contributed by atoms with E-state index in [-0.39, 0.29) is 23.9 Å². The average Bonchev–Trinajstić information content (AvgIpc) is 3.35. The molecule has 35 heavy (non-hydrogen) atoms. The minimum atomic E-state index is -3.60. The molecule has 0 N–H and O–H groups in total. The lowest BCUT2D eigenvalue weighted by atomic mass is 10.1. The van der Waals surface area contributed by atoms with Gasteiger partial charge in [0.25, 0.3) is 5.91 Å². The molecule has 3 aromatic carbocycles. The predicted octanol–water partition coefficient (Wildman–Crippen LogP) is 3.99. The van der Waals surface area contributed by atoms with Crippen molar-refractivity contribution < 1.29 is 13.2 Å². The monoisotopic (exact) mass is 486 g/mol. The van der Waals surface area contributed by atoms with E-state index >= 15 is 0 Å². The highest BCUT2D eigenvalue weighted by molar-refractivity contribution is 7.89. The number of benzene rings is 3. The van der Waals surface area contributed by atoms with E-state index in [4.69, 9.17) is 5.10 Å². The number of hydrogen-bond acceptors (Lipinski definition) is 4. The Morgan fingerprint density at radius 2 is 1.40 bits per heavy atom. The van der Waals surface area contributed by atoms with Crippen molar-refractivity contribution in [3.63, 3.8) is 0 Å².